The van der Waals surface area contributed by atoms with Crippen molar-refractivity contribution in [3.05, 3.63) is 47.0 Å². The predicted molar refractivity (Wildman–Crippen MR) is 94.2 cm³/mol. The Hall–Kier alpha value is -0.820. The molecular formula is C20H23Br. The fourth-order valence-corrected chi connectivity index (χ4v) is 5.34. The zero-order valence-electron chi connectivity index (χ0n) is 12.8. The van der Waals surface area contributed by atoms with Gasteiger partial charge in [-0.1, -0.05) is 72.4 Å². The molecule has 2 aliphatic carbocycles. The van der Waals surface area contributed by atoms with E-state index in [9.17, 15) is 0 Å². The van der Waals surface area contributed by atoms with E-state index < -0.39 is 0 Å². The first-order valence-corrected chi connectivity index (χ1v) is 9.28. The van der Waals surface area contributed by atoms with Gasteiger partial charge in [-0.15, -0.1) is 0 Å². The lowest BCUT2D eigenvalue weighted by Crippen LogP contribution is -2.25. The number of hydrogen-bond donors (Lipinski definition) is 0. The molecule has 0 radical (unpaired) electrons. The van der Waals surface area contributed by atoms with Crippen LogP contribution < -0.4 is 0 Å². The Morgan fingerprint density at radius 1 is 0.952 bits per heavy atom. The molecule has 0 amide bonds. The van der Waals surface area contributed by atoms with E-state index >= 15 is 0 Å². The summed E-state index contributed by atoms with van der Waals surface area (Å²) in [5, 5.41) is 3.05. The van der Waals surface area contributed by atoms with Crippen LogP contribution in [-0.4, -0.2) is 0 Å². The second kappa shape index (κ2) is 5.12. The van der Waals surface area contributed by atoms with Crippen molar-refractivity contribution < 1.29 is 0 Å². The van der Waals surface area contributed by atoms with Gasteiger partial charge in [-0.05, 0) is 58.6 Å². The third-order valence-electron chi connectivity index (χ3n) is 5.79. The largest absolute Gasteiger partial charge is 0.0833 e. The van der Waals surface area contributed by atoms with Crippen LogP contribution in [0.4, 0.5) is 0 Å². The van der Waals surface area contributed by atoms with Gasteiger partial charge in [0, 0.05) is 4.83 Å². The van der Waals surface area contributed by atoms with Crippen LogP contribution in [0.1, 0.15) is 60.5 Å². The van der Waals surface area contributed by atoms with Crippen molar-refractivity contribution in [2.24, 2.45) is 5.41 Å². The zero-order valence-corrected chi connectivity index (χ0v) is 14.4. The van der Waals surface area contributed by atoms with Crippen LogP contribution >= 0.6 is 15.9 Å². The van der Waals surface area contributed by atoms with Crippen LogP contribution in [0.15, 0.2) is 30.3 Å². The van der Waals surface area contributed by atoms with E-state index in [4.69, 9.17) is 0 Å². The summed E-state index contributed by atoms with van der Waals surface area (Å²) in [4.78, 5) is 0.482. The molecule has 2 aromatic rings. The maximum Gasteiger partial charge on any atom is 0.0455 e. The molecule has 1 saturated carbocycles. The molecule has 4 rings (SSSR count). The van der Waals surface area contributed by atoms with Crippen molar-refractivity contribution in [1.29, 1.82) is 0 Å². The van der Waals surface area contributed by atoms with E-state index in [1.165, 1.54) is 55.9 Å². The monoisotopic (exact) mass is 342 g/mol. The highest BCUT2D eigenvalue weighted by atomic mass is 79.9. The molecule has 1 fully saturated rings. The number of hydrogen-bond acceptors (Lipinski definition) is 0. The van der Waals surface area contributed by atoms with Gasteiger partial charge in [-0.3, -0.25) is 0 Å². The second-order valence-corrected chi connectivity index (χ2v) is 8.15. The van der Waals surface area contributed by atoms with Gasteiger partial charge in [0.15, 0.2) is 0 Å². The summed E-state index contributed by atoms with van der Waals surface area (Å²) in [6.45, 7) is 2.48. The van der Waals surface area contributed by atoms with Gasteiger partial charge < -0.3 is 0 Å². The molecule has 0 aromatic heterocycles. The smallest absolute Gasteiger partial charge is 0.0455 e. The maximum atomic E-state index is 4.09. The average Bonchev–Trinajstić information content (AvgIpc) is 2.93. The van der Waals surface area contributed by atoms with E-state index in [0.29, 0.717) is 10.2 Å². The molecule has 0 nitrogen and oxygen atoms in total. The zero-order chi connectivity index (χ0) is 14.4. The number of benzene rings is 2. The number of rotatable bonds is 2. The molecule has 1 unspecified atom stereocenters. The molecule has 2 aliphatic rings. The molecule has 0 bridgehead atoms. The Labute approximate surface area is 136 Å². The minimum Gasteiger partial charge on any atom is -0.0833 e. The van der Waals surface area contributed by atoms with Crippen molar-refractivity contribution in [3.8, 4) is 0 Å². The van der Waals surface area contributed by atoms with Crippen LogP contribution in [0.25, 0.3) is 10.8 Å². The Kier molecular flexibility index (Phi) is 3.37. The van der Waals surface area contributed by atoms with Crippen LogP contribution in [0.5, 0.6) is 0 Å². The first-order valence-electron chi connectivity index (χ1n) is 8.36. The summed E-state index contributed by atoms with van der Waals surface area (Å²) in [6, 6.07) is 11.7. The van der Waals surface area contributed by atoms with E-state index in [1.807, 2.05) is 0 Å². The molecule has 110 valence electrons. The van der Waals surface area contributed by atoms with Gasteiger partial charge in [-0.25, -0.2) is 0 Å². The molecule has 2 aromatic carbocycles. The third-order valence-corrected chi connectivity index (χ3v) is 7.39. The van der Waals surface area contributed by atoms with E-state index in [0.717, 1.165) is 0 Å². The fourth-order valence-electron chi connectivity index (χ4n) is 4.48. The SMILES string of the molecule is CC1(C(Br)c2ccc3c4c(cccc24)CC3)CCCCC1. The summed E-state index contributed by atoms with van der Waals surface area (Å²) < 4.78 is 0. The van der Waals surface area contributed by atoms with Crippen molar-refractivity contribution >= 4 is 26.7 Å². The predicted octanol–water partition coefficient (Wildman–Crippen LogP) is 6.34. The Bertz CT molecular complexity index is 669. The Balaban J connectivity index is 1.84. The fraction of sp³-hybridized carbons (Fsp3) is 0.500. The third kappa shape index (κ3) is 2.16. The van der Waals surface area contributed by atoms with Crippen molar-refractivity contribution in [1.82, 2.24) is 0 Å². The molecular weight excluding hydrogens is 320 g/mol. The average molecular weight is 343 g/mol. The molecule has 0 spiro atoms. The normalized spacial score (nSPS) is 21.6. The van der Waals surface area contributed by atoms with E-state index in [-0.39, 0.29) is 0 Å². The Morgan fingerprint density at radius 3 is 2.43 bits per heavy atom. The molecule has 0 saturated heterocycles. The van der Waals surface area contributed by atoms with Crippen LogP contribution in [-0.2, 0) is 12.8 Å². The lowest BCUT2D eigenvalue weighted by molar-refractivity contribution is 0.213. The summed E-state index contributed by atoms with van der Waals surface area (Å²) in [6.07, 6.45) is 9.34. The van der Waals surface area contributed by atoms with Gasteiger partial charge in [0.2, 0.25) is 0 Å². The quantitative estimate of drug-likeness (QED) is 0.558. The molecule has 1 heteroatoms. The van der Waals surface area contributed by atoms with Gasteiger partial charge in [0.25, 0.3) is 0 Å². The number of alkyl halides is 1. The van der Waals surface area contributed by atoms with E-state index in [1.54, 1.807) is 16.5 Å². The standard InChI is InChI=1S/C20H23Br/c1-20(12-3-2-4-13-20)19(21)17-11-10-15-9-8-14-6-5-7-16(17)18(14)15/h5-7,10-11,19H,2-4,8-9,12-13H2,1H3. The topological polar surface area (TPSA) is 0 Å². The Morgan fingerprint density at radius 2 is 1.67 bits per heavy atom. The highest BCUT2D eigenvalue weighted by Gasteiger charge is 2.35. The first kappa shape index (κ1) is 13.8. The molecule has 0 aliphatic heterocycles. The number of halogens is 1. The van der Waals surface area contributed by atoms with Crippen molar-refractivity contribution in [2.45, 2.75) is 56.7 Å². The van der Waals surface area contributed by atoms with Crippen LogP contribution in [0.2, 0.25) is 0 Å². The minimum atomic E-state index is 0.413. The maximum absolute atomic E-state index is 4.09. The highest BCUT2D eigenvalue weighted by Crippen LogP contribution is 2.52. The lowest BCUT2D eigenvalue weighted by Gasteiger charge is -2.38. The molecule has 1 atom stereocenters. The summed E-state index contributed by atoms with van der Waals surface area (Å²) in [7, 11) is 0. The van der Waals surface area contributed by atoms with Crippen LogP contribution in [0, 0.1) is 5.41 Å². The van der Waals surface area contributed by atoms with Gasteiger partial charge in [-0.2, -0.15) is 0 Å². The van der Waals surface area contributed by atoms with E-state index in [2.05, 4.69) is 53.2 Å². The molecule has 0 heterocycles. The van der Waals surface area contributed by atoms with Crippen molar-refractivity contribution in [3.63, 3.8) is 0 Å². The van der Waals surface area contributed by atoms with Crippen LogP contribution in [0.3, 0.4) is 0 Å². The van der Waals surface area contributed by atoms with Gasteiger partial charge >= 0.3 is 0 Å². The summed E-state index contributed by atoms with van der Waals surface area (Å²) >= 11 is 4.09. The first-order chi connectivity index (χ1) is 10.2. The lowest BCUT2D eigenvalue weighted by atomic mass is 9.71. The summed E-state index contributed by atoms with van der Waals surface area (Å²) in [5.41, 5.74) is 5.04. The molecule has 0 N–H and O–H groups in total. The van der Waals surface area contributed by atoms with Gasteiger partial charge in [0.05, 0.1) is 0 Å². The number of aryl methyl sites for hydroxylation is 2. The molecule has 21 heavy (non-hydrogen) atoms. The highest BCUT2D eigenvalue weighted by molar-refractivity contribution is 9.09. The van der Waals surface area contributed by atoms with Gasteiger partial charge in [0.1, 0.15) is 0 Å². The second-order valence-electron chi connectivity index (χ2n) is 7.23. The summed E-state index contributed by atoms with van der Waals surface area (Å²) in [5.74, 6) is 0. The van der Waals surface area contributed by atoms with Crippen molar-refractivity contribution in [2.75, 3.05) is 0 Å². The minimum absolute atomic E-state index is 0.413.